The Hall–Kier alpha value is -0.120. The largest absolute Gasteiger partial charge is 0.394 e. The third-order valence-electron chi connectivity index (χ3n) is 2.34. The zero-order valence-corrected chi connectivity index (χ0v) is 8.79. The molecule has 0 aliphatic rings. The highest BCUT2D eigenvalue weighted by atomic mass is 16.3. The molecule has 0 bridgehead atoms. The van der Waals surface area contributed by atoms with Crippen molar-refractivity contribution in [3.8, 4) is 0 Å². The van der Waals surface area contributed by atoms with Crippen molar-refractivity contribution in [1.82, 2.24) is 5.32 Å². The summed E-state index contributed by atoms with van der Waals surface area (Å²) in [5, 5.41) is 20.6. The van der Waals surface area contributed by atoms with Crippen molar-refractivity contribution in [1.29, 1.82) is 0 Å². The van der Waals surface area contributed by atoms with Crippen LogP contribution in [0, 0.1) is 5.92 Å². The highest BCUT2D eigenvalue weighted by Gasteiger charge is 2.01. The molecule has 2 unspecified atom stereocenters. The molecule has 3 nitrogen and oxygen atoms in total. The molecule has 0 aromatic heterocycles. The minimum absolute atomic E-state index is 0.154. The van der Waals surface area contributed by atoms with Gasteiger partial charge in [-0.1, -0.05) is 20.3 Å². The number of aliphatic hydroxyl groups excluding tert-OH is 2. The van der Waals surface area contributed by atoms with Gasteiger partial charge in [0.2, 0.25) is 0 Å². The highest BCUT2D eigenvalue weighted by molar-refractivity contribution is 4.58. The average molecular weight is 189 g/mol. The summed E-state index contributed by atoms with van der Waals surface area (Å²) in [5.41, 5.74) is 0. The van der Waals surface area contributed by atoms with Crippen LogP contribution in [0.25, 0.3) is 0 Å². The van der Waals surface area contributed by atoms with Gasteiger partial charge < -0.3 is 15.5 Å². The molecule has 0 aliphatic heterocycles. The lowest BCUT2D eigenvalue weighted by molar-refractivity contribution is 0.0944. The van der Waals surface area contributed by atoms with E-state index in [1.165, 1.54) is 12.8 Å². The predicted molar refractivity (Wildman–Crippen MR) is 54.7 cm³/mol. The molecule has 0 amide bonds. The molecule has 0 aromatic rings. The van der Waals surface area contributed by atoms with Crippen LogP contribution in [-0.2, 0) is 0 Å². The van der Waals surface area contributed by atoms with Gasteiger partial charge in [-0.05, 0) is 25.3 Å². The monoisotopic (exact) mass is 189 g/mol. The summed E-state index contributed by atoms with van der Waals surface area (Å²) in [6.45, 7) is 5.73. The van der Waals surface area contributed by atoms with Gasteiger partial charge in [0, 0.05) is 6.54 Å². The fourth-order valence-electron chi connectivity index (χ4n) is 1.11. The summed E-state index contributed by atoms with van der Waals surface area (Å²) in [7, 11) is 0. The lowest BCUT2D eigenvalue weighted by atomic mass is 10.0. The van der Waals surface area contributed by atoms with Crippen molar-refractivity contribution in [2.24, 2.45) is 5.92 Å². The van der Waals surface area contributed by atoms with Crippen LogP contribution in [0.2, 0.25) is 0 Å². The van der Waals surface area contributed by atoms with Crippen LogP contribution in [0.15, 0.2) is 0 Å². The van der Waals surface area contributed by atoms with E-state index >= 15 is 0 Å². The van der Waals surface area contributed by atoms with Crippen LogP contribution < -0.4 is 5.32 Å². The van der Waals surface area contributed by atoms with Crippen molar-refractivity contribution < 1.29 is 10.2 Å². The Morgan fingerprint density at radius 1 is 1.38 bits per heavy atom. The van der Waals surface area contributed by atoms with Crippen molar-refractivity contribution in [3.05, 3.63) is 0 Å². The smallest absolute Gasteiger partial charge is 0.0894 e. The van der Waals surface area contributed by atoms with E-state index in [2.05, 4.69) is 19.2 Å². The van der Waals surface area contributed by atoms with E-state index in [1.807, 2.05) is 0 Å². The normalized spacial score (nSPS) is 15.7. The molecular weight excluding hydrogens is 166 g/mol. The number of nitrogens with one attached hydrogen (secondary N) is 1. The Morgan fingerprint density at radius 2 is 2.08 bits per heavy atom. The van der Waals surface area contributed by atoms with E-state index in [1.54, 1.807) is 0 Å². The van der Waals surface area contributed by atoms with Crippen molar-refractivity contribution in [2.75, 3.05) is 19.7 Å². The van der Waals surface area contributed by atoms with Gasteiger partial charge in [0.05, 0.1) is 12.7 Å². The van der Waals surface area contributed by atoms with Gasteiger partial charge in [-0.25, -0.2) is 0 Å². The van der Waals surface area contributed by atoms with E-state index in [0.29, 0.717) is 6.54 Å². The summed E-state index contributed by atoms with van der Waals surface area (Å²) in [4.78, 5) is 0. The first kappa shape index (κ1) is 12.9. The molecular formula is C10H23NO2. The molecule has 3 N–H and O–H groups in total. The van der Waals surface area contributed by atoms with E-state index < -0.39 is 6.10 Å². The molecule has 13 heavy (non-hydrogen) atoms. The second-order valence-corrected chi connectivity index (χ2v) is 3.70. The maximum atomic E-state index is 9.00. The molecule has 3 heteroatoms. The standard InChI is InChI=1S/C10H23NO2/c1-3-9(2)5-4-6-11-7-10(13)8-12/h9-13H,3-8H2,1-2H3. The molecule has 0 rings (SSSR count). The second kappa shape index (κ2) is 8.48. The van der Waals surface area contributed by atoms with Crippen LogP contribution in [0.3, 0.4) is 0 Å². The van der Waals surface area contributed by atoms with Crippen molar-refractivity contribution >= 4 is 0 Å². The Kier molecular flexibility index (Phi) is 8.40. The number of aliphatic hydroxyl groups is 2. The zero-order chi connectivity index (χ0) is 10.1. The van der Waals surface area contributed by atoms with E-state index in [9.17, 15) is 0 Å². The molecule has 0 spiro atoms. The van der Waals surface area contributed by atoms with Gasteiger partial charge in [-0.15, -0.1) is 0 Å². The summed E-state index contributed by atoms with van der Waals surface area (Å²) in [6, 6.07) is 0. The molecule has 0 aromatic carbocycles. The van der Waals surface area contributed by atoms with Gasteiger partial charge in [0.15, 0.2) is 0 Å². The first-order valence-corrected chi connectivity index (χ1v) is 5.20. The average Bonchev–Trinajstić information content (AvgIpc) is 2.16. The molecule has 0 aliphatic carbocycles. The van der Waals surface area contributed by atoms with Crippen LogP contribution in [0.5, 0.6) is 0 Å². The Labute approximate surface area is 81.2 Å². The van der Waals surface area contributed by atoms with Gasteiger partial charge in [-0.2, -0.15) is 0 Å². The Bertz CT molecular complexity index is 97.1. The van der Waals surface area contributed by atoms with Crippen LogP contribution >= 0.6 is 0 Å². The number of hydrogen-bond donors (Lipinski definition) is 3. The number of rotatable bonds is 8. The van der Waals surface area contributed by atoms with Crippen LogP contribution in [-0.4, -0.2) is 36.0 Å². The summed E-state index contributed by atoms with van der Waals surface area (Å²) >= 11 is 0. The maximum Gasteiger partial charge on any atom is 0.0894 e. The molecule has 0 saturated heterocycles. The second-order valence-electron chi connectivity index (χ2n) is 3.70. The van der Waals surface area contributed by atoms with E-state index in [0.717, 1.165) is 18.9 Å². The molecule has 0 saturated carbocycles. The maximum absolute atomic E-state index is 9.00. The van der Waals surface area contributed by atoms with Crippen molar-refractivity contribution in [2.45, 2.75) is 39.2 Å². The summed E-state index contributed by atoms with van der Waals surface area (Å²) in [5.74, 6) is 0.796. The molecule has 0 heterocycles. The molecule has 0 radical (unpaired) electrons. The summed E-state index contributed by atoms with van der Waals surface area (Å²) < 4.78 is 0. The van der Waals surface area contributed by atoms with Gasteiger partial charge in [0.1, 0.15) is 0 Å². The summed E-state index contributed by atoms with van der Waals surface area (Å²) in [6.07, 6.45) is 3.01. The van der Waals surface area contributed by atoms with Crippen LogP contribution in [0.1, 0.15) is 33.1 Å². The topological polar surface area (TPSA) is 52.5 Å². The quantitative estimate of drug-likeness (QED) is 0.494. The fraction of sp³-hybridized carbons (Fsp3) is 1.00. The SMILES string of the molecule is CCC(C)CCCNCC(O)CO. The van der Waals surface area contributed by atoms with Gasteiger partial charge in [0.25, 0.3) is 0 Å². The number of hydrogen-bond acceptors (Lipinski definition) is 3. The minimum atomic E-state index is -0.608. The van der Waals surface area contributed by atoms with Crippen molar-refractivity contribution in [3.63, 3.8) is 0 Å². The first-order valence-electron chi connectivity index (χ1n) is 5.20. The van der Waals surface area contributed by atoms with Crippen LogP contribution in [0.4, 0.5) is 0 Å². The van der Waals surface area contributed by atoms with Gasteiger partial charge in [-0.3, -0.25) is 0 Å². The first-order chi connectivity index (χ1) is 6.20. The highest BCUT2D eigenvalue weighted by Crippen LogP contribution is 2.07. The Balaban J connectivity index is 3.08. The third kappa shape index (κ3) is 8.22. The fourth-order valence-corrected chi connectivity index (χ4v) is 1.11. The Morgan fingerprint density at radius 3 is 2.62 bits per heavy atom. The lowest BCUT2D eigenvalue weighted by Gasteiger charge is -2.10. The molecule has 80 valence electrons. The van der Waals surface area contributed by atoms with E-state index in [-0.39, 0.29) is 6.61 Å². The zero-order valence-electron chi connectivity index (χ0n) is 8.79. The third-order valence-corrected chi connectivity index (χ3v) is 2.34. The van der Waals surface area contributed by atoms with Gasteiger partial charge >= 0.3 is 0 Å². The molecule has 0 fully saturated rings. The lowest BCUT2D eigenvalue weighted by Crippen LogP contribution is -2.30. The minimum Gasteiger partial charge on any atom is -0.394 e. The molecule has 2 atom stereocenters. The predicted octanol–water partition coefficient (Wildman–Crippen LogP) is 0.756. The van der Waals surface area contributed by atoms with E-state index in [4.69, 9.17) is 10.2 Å².